The van der Waals surface area contributed by atoms with E-state index in [-0.39, 0.29) is 34.7 Å². The van der Waals surface area contributed by atoms with Crippen LogP contribution in [0.5, 0.6) is 0 Å². The molecule has 2 aliphatic carbocycles. The summed E-state index contributed by atoms with van der Waals surface area (Å²) in [6, 6.07) is 7.79. The molecule has 1 aromatic carbocycles. The first-order valence-corrected chi connectivity index (χ1v) is 14.5. The Morgan fingerprint density at radius 1 is 1.11 bits per heavy atom. The Bertz CT molecular complexity index is 1160. The van der Waals surface area contributed by atoms with E-state index < -0.39 is 12.1 Å². The van der Waals surface area contributed by atoms with Gasteiger partial charge in [-0.25, -0.2) is 0 Å². The van der Waals surface area contributed by atoms with E-state index in [1.807, 2.05) is 25.8 Å². The maximum Gasteiger partial charge on any atom is 0.247 e. The summed E-state index contributed by atoms with van der Waals surface area (Å²) >= 11 is 0. The summed E-state index contributed by atoms with van der Waals surface area (Å²) in [6.45, 7) is 16.3. The van der Waals surface area contributed by atoms with Crippen molar-refractivity contribution in [1.82, 2.24) is 9.80 Å². The summed E-state index contributed by atoms with van der Waals surface area (Å²) in [7, 11) is 1.82. The highest BCUT2D eigenvalue weighted by Gasteiger charge is 2.66. The van der Waals surface area contributed by atoms with Crippen LogP contribution >= 0.6 is 0 Å². The van der Waals surface area contributed by atoms with Crippen LogP contribution in [0.4, 0.5) is 5.69 Å². The molecule has 1 aromatic rings. The van der Waals surface area contributed by atoms with Crippen molar-refractivity contribution in [3.63, 3.8) is 0 Å². The summed E-state index contributed by atoms with van der Waals surface area (Å²) < 4.78 is 0. The molecule has 6 rings (SSSR count). The SMILES string of the molecule is C=C1CC[C@H]2C(C)(C)CCC[C@]2(C)[C@H]1CC12CC3C(=O)N(C)C(C(C)C)C(=O)N3C1Nc1ccccc12. The normalized spacial score (nSPS) is 40.3. The van der Waals surface area contributed by atoms with Gasteiger partial charge in [0.2, 0.25) is 11.8 Å². The molecule has 2 saturated heterocycles. The van der Waals surface area contributed by atoms with Gasteiger partial charge in [0.1, 0.15) is 18.2 Å². The number of hydrogen-bond donors (Lipinski definition) is 1. The number of carbonyl (C=O) groups excluding carboxylic acids is 2. The fraction of sp³-hybridized carbons (Fsp3) is 0.688. The predicted molar refractivity (Wildman–Crippen MR) is 148 cm³/mol. The number of piperazine rings is 1. The van der Waals surface area contributed by atoms with Gasteiger partial charge in [0, 0.05) is 18.2 Å². The molecule has 3 aliphatic heterocycles. The van der Waals surface area contributed by atoms with E-state index in [0.29, 0.717) is 23.7 Å². The van der Waals surface area contributed by atoms with E-state index in [1.54, 1.807) is 4.90 Å². The summed E-state index contributed by atoms with van der Waals surface area (Å²) in [5.41, 5.74) is 4.03. The molecular formula is C32H45N3O2. The molecule has 7 atom stereocenters. The number of likely N-dealkylation sites (N-methyl/N-ethyl adjacent to an activating group) is 1. The Labute approximate surface area is 223 Å². The average molecular weight is 504 g/mol. The minimum atomic E-state index is -0.407. The van der Waals surface area contributed by atoms with Crippen LogP contribution in [0.2, 0.25) is 0 Å². The van der Waals surface area contributed by atoms with Gasteiger partial charge >= 0.3 is 0 Å². The first kappa shape index (κ1) is 25.0. The van der Waals surface area contributed by atoms with Crippen molar-refractivity contribution in [2.45, 2.75) is 103 Å². The molecule has 37 heavy (non-hydrogen) atoms. The third kappa shape index (κ3) is 3.27. The van der Waals surface area contributed by atoms with Crippen molar-refractivity contribution >= 4 is 17.5 Å². The van der Waals surface area contributed by atoms with Crippen molar-refractivity contribution < 1.29 is 9.59 Å². The second-order valence-electron chi connectivity index (χ2n) is 14.2. The van der Waals surface area contributed by atoms with E-state index >= 15 is 0 Å². The monoisotopic (exact) mass is 503 g/mol. The molecule has 2 saturated carbocycles. The minimum Gasteiger partial charge on any atom is -0.364 e. The third-order valence-corrected chi connectivity index (χ3v) is 11.5. The summed E-state index contributed by atoms with van der Waals surface area (Å²) in [4.78, 5) is 31.5. The van der Waals surface area contributed by atoms with Crippen molar-refractivity contribution in [2.75, 3.05) is 12.4 Å². The van der Waals surface area contributed by atoms with E-state index in [0.717, 1.165) is 18.5 Å². The lowest BCUT2D eigenvalue weighted by atomic mass is 9.46. The summed E-state index contributed by atoms with van der Waals surface area (Å²) in [5.74, 6) is 1.32. The van der Waals surface area contributed by atoms with Crippen LogP contribution in [0.3, 0.4) is 0 Å². The first-order valence-electron chi connectivity index (χ1n) is 14.5. The van der Waals surface area contributed by atoms with Gasteiger partial charge in [-0.1, -0.05) is 71.4 Å². The van der Waals surface area contributed by atoms with Gasteiger partial charge in [0.05, 0.1) is 0 Å². The molecule has 200 valence electrons. The lowest BCUT2D eigenvalue weighted by Crippen LogP contribution is -2.65. The zero-order valence-corrected chi connectivity index (χ0v) is 23.6. The van der Waals surface area contributed by atoms with E-state index in [1.165, 1.54) is 36.8 Å². The van der Waals surface area contributed by atoms with Crippen LogP contribution in [0.25, 0.3) is 0 Å². The molecule has 5 aliphatic rings. The number of para-hydroxylation sites is 1. The van der Waals surface area contributed by atoms with Crippen LogP contribution in [0.1, 0.15) is 85.1 Å². The topological polar surface area (TPSA) is 52.7 Å². The molecule has 4 unspecified atom stereocenters. The molecule has 0 aromatic heterocycles. The van der Waals surface area contributed by atoms with Crippen LogP contribution in [0, 0.1) is 28.6 Å². The van der Waals surface area contributed by atoms with Crippen molar-refractivity contribution in [3.8, 4) is 0 Å². The van der Waals surface area contributed by atoms with Crippen LogP contribution in [-0.4, -0.2) is 46.9 Å². The van der Waals surface area contributed by atoms with Crippen LogP contribution in [-0.2, 0) is 15.0 Å². The van der Waals surface area contributed by atoms with Gasteiger partial charge in [-0.05, 0) is 78.7 Å². The Hall–Kier alpha value is -2.30. The van der Waals surface area contributed by atoms with Gasteiger partial charge < -0.3 is 15.1 Å². The number of nitrogens with one attached hydrogen (secondary N) is 1. The number of anilines is 1. The lowest BCUT2D eigenvalue weighted by Gasteiger charge is -2.59. The fourth-order valence-electron chi connectivity index (χ4n) is 9.89. The molecule has 0 bridgehead atoms. The standard InChI is InChI=1S/C32H45N3O2/c1-19(2)26-28(37)35-24(27(36)34(26)7)18-32(21-11-8-9-12-23(21)33-29(32)35)17-22-20(3)13-14-25-30(4,5)15-10-16-31(22,25)6/h8-9,11-12,19,22,24-26,29,33H,3,10,13-18H2,1-2,4-7H3/t22-,24?,25-,26?,29?,31+,32?/m0/s1. The largest absolute Gasteiger partial charge is 0.364 e. The highest BCUT2D eigenvalue weighted by atomic mass is 16.2. The highest BCUT2D eigenvalue weighted by Crippen LogP contribution is 2.65. The quantitative estimate of drug-likeness (QED) is 0.518. The second kappa shape index (κ2) is 8.10. The van der Waals surface area contributed by atoms with Crippen molar-refractivity contribution in [2.24, 2.45) is 28.6 Å². The molecule has 5 heteroatoms. The maximum atomic E-state index is 14.0. The Balaban J connectivity index is 1.46. The molecule has 0 radical (unpaired) electrons. The van der Waals surface area contributed by atoms with E-state index in [9.17, 15) is 9.59 Å². The number of fused-ring (bicyclic) bond motifs is 6. The number of rotatable bonds is 3. The summed E-state index contributed by atoms with van der Waals surface area (Å²) in [5, 5.41) is 3.77. The lowest BCUT2D eigenvalue weighted by molar-refractivity contribution is -0.161. The second-order valence-corrected chi connectivity index (χ2v) is 14.2. The smallest absolute Gasteiger partial charge is 0.247 e. The molecule has 2 amide bonds. The van der Waals surface area contributed by atoms with Gasteiger partial charge in [0.25, 0.3) is 0 Å². The van der Waals surface area contributed by atoms with Gasteiger partial charge in [-0.2, -0.15) is 0 Å². The molecule has 4 fully saturated rings. The third-order valence-electron chi connectivity index (χ3n) is 11.5. The van der Waals surface area contributed by atoms with Crippen LogP contribution < -0.4 is 5.32 Å². The van der Waals surface area contributed by atoms with Crippen molar-refractivity contribution in [1.29, 1.82) is 0 Å². The number of hydrogen-bond acceptors (Lipinski definition) is 3. The number of amides is 2. The first-order chi connectivity index (χ1) is 17.4. The number of benzene rings is 1. The number of nitrogens with zero attached hydrogens (tertiary/aromatic N) is 2. The average Bonchev–Trinajstić information content (AvgIpc) is 3.30. The number of carbonyl (C=O) groups is 2. The summed E-state index contributed by atoms with van der Waals surface area (Å²) in [6.07, 6.45) is 7.58. The van der Waals surface area contributed by atoms with Gasteiger partial charge in [-0.3, -0.25) is 9.59 Å². The Morgan fingerprint density at radius 3 is 2.57 bits per heavy atom. The zero-order chi connectivity index (χ0) is 26.5. The van der Waals surface area contributed by atoms with E-state index in [4.69, 9.17) is 0 Å². The van der Waals surface area contributed by atoms with E-state index in [2.05, 4.69) is 56.9 Å². The molecular weight excluding hydrogens is 458 g/mol. The molecule has 5 nitrogen and oxygen atoms in total. The molecule has 3 heterocycles. The van der Waals surface area contributed by atoms with Crippen molar-refractivity contribution in [3.05, 3.63) is 42.0 Å². The molecule has 1 N–H and O–H groups in total. The predicted octanol–water partition coefficient (Wildman–Crippen LogP) is 5.96. The van der Waals surface area contributed by atoms with Gasteiger partial charge in [0.15, 0.2) is 0 Å². The Kier molecular flexibility index (Phi) is 5.47. The molecule has 0 spiro atoms. The fourth-order valence-corrected chi connectivity index (χ4v) is 9.89. The number of allylic oxidation sites excluding steroid dienone is 1. The Morgan fingerprint density at radius 2 is 1.84 bits per heavy atom. The maximum absolute atomic E-state index is 14.0. The minimum absolute atomic E-state index is 0.0726. The van der Waals surface area contributed by atoms with Crippen LogP contribution in [0.15, 0.2) is 36.4 Å². The zero-order valence-electron chi connectivity index (χ0n) is 23.6. The van der Waals surface area contributed by atoms with Gasteiger partial charge in [-0.15, -0.1) is 0 Å². The highest BCUT2D eigenvalue weighted by molar-refractivity contribution is 5.98.